The first kappa shape index (κ1) is 24.5. The molecule has 7 nitrogen and oxygen atoms in total. The Hall–Kier alpha value is -2.22. The lowest BCUT2D eigenvalue weighted by atomic mass is 10.1. The topological polar surface area (TPSA) is 50.8 Å². The fourth-order valence-electron chi connectivity index (χ4n) is 5.63. The molecule has 2 aromatic rings. The van der Waals surface area contributed by atoms with Crippen molar-refractivity contribution in [3.63, 3.8) is 0 Å². The average molecular weight is 478 g/mol. The summed E-state index contributed by atoms with van der Waals surface area (Å²) in [5, 5.41) is 3.71. The molecule has 0 spiro atoms. The molecule has 1 N–H and O–H groups in total. The second-order valence-electron chi connectivity index (χ2n) is 10.6. The molecule has 0 saturated carbocycles. The Labute approximate surface area is 211 Å². The molecule has 3 fully saturated rings. The maximum absolute atomic E-state index is 5.08. The predicted molar refractivity (Wildman–Crippen MR) is 145 cm³/mol. The van der Waals surface area contributed by atoms with E-state index in [1.165, 1.54) is 69.7 Å². The van der Waals surface area contributed by atoms with E-state index in [-0.39, 0.29) is 0 Å². The standard InChI is InChI=1S/C28H43N7/c1-23-26(22-34-15-5-6-16-34)28(29-12-7-17-33-13-3-4-14-33)31-27(30-23)24-8-10-25(11-9-24)35-20-18-32(2)19-21-35/h8-11H,3-7,12-22H2,1-2H3,(H,29,30,31). The lowest BCUT2D eigenvalue weighted by Gasteiger charge is -2.34. The molecule has 0 amide bonds. The lowest BCUT2D eigenvalue weighted by molar-refractivity contribution is 0.313. The summed E-state index contributed by atoms with van der Waals surface area (Å²) in [6, 6.07) is 8.86. The summed E-state index contributed by atoms with van der Waals surface area (Å²) in [4.78, 5) is 20.1. The number of benzene rings is 1. The SMILES string of the molecule is Cc1nc(-c2ccc(N3CCN(C)CC3)cc2)nc(NCCCN2CCCC2)c1CN1CCCC1. The molecule has 3 aliphatic rings. The number of aryl methyl sites for hydroxylation is 1. The van der Waals surface area contributed by atoms with Gasteiger partial charge in [-0.1, -0.05) is 0 Å². The summed E-state index contributed by atoms with van der Waals surface area (Å²) < 4.78 is 0. The number of anilines is 2. The van der Waals surface area contributed by atoms with Gasteiger partial charge in [-0.3, -0.25) is 4.90 Å². The van der Waals surface area contributed by atoms with Crippen molar-refractivity contribution in [3.05, 3.63) is 35.5 Å². The van der Waals surface area contributed by atoms with Crippen molar-refractivity contribution < 1.29 is 0 Å². The van der Waals surface area contributed by atoms with Gasteiger partial charge in [0.05, 0.1) is 0 Å². The van der Waals surface area contributed by atoms with Gasteiger partial charge < -0.3 is 20.0 Å². The van der Waals surface area contributed by atoms with Crippen LogP contribution in [0.3, 0.4) is 0 Å². The molecule has 7 heteroatoms. The Morgan fingerprint density at radius 2 is 1.46 bits per heavy atom. The van der Waals surface area contributed by atoms with Crippen LogP contribution in [-0.4, -0.2) is 97.2 Å². The van der Waals surface area contributed by atoms with Crippen LogP contribution in [-0.2, 0) is 6.54 Å². The van der Waals surface area contributed by atoms with E-state index in [1.54, 1.807) is 0 Å². The highest BCUT2D eigenvalue weighted by Gasteiger charge is 2.19. The van der Waals surface area contributed by atoms with Gasteiger partial charge in [-0.2, -0.15) is 0 Å². The van der Waals surface area contributed by atoms with Gasteiger partial charge in [0.25, 0.3) is 0 Å². The molecule has 0 atom stereocenters. The Morgan fingerprint density at radius 3 is 2.14 bits per heavy atom. The van der Waals surface area contributed by atoms with E-state index in [2.05, 4.69) is 63.2 Å². The van der Waals surface area contributed by atoms with Gasteiger partial charge in [0, 0.05) is 61.8 Å². The maximum atomic E-state index is 5.08. The first-order valence-electron chi connectivity index (χ1n) is 13.8. The highest BCUT2D eigenvalue weighted by Crippen LogP contribution is 2.27. The predicted octanol–water partition coefficient (Wildman–Crippen LogP) is 3.70. The number of nitrogens with zero attached hydrogens (tertiary/aromatic N) is 6. The molecule has 0 radical (unpaired) electrons. The molecule has 0 bridgehead atoms. The van der Waals surface area contributed by atoms with Crippen molar-refractivity contribution in [2.24, 2.45) is 0 Å². The smallest absolute Gasteiger partial charge is 0.161 e. The number of nitrogens with one attached hydrogen (secondary N) is 1. The minimum absolute atomic E-state index is 0.833. The van der Waals surface area contributed by atoms with Crippen LogP contribution < -0.4 is 10.2 Å². The summed E-state index contributed by atoms with van der Waals surface area (Å²) >= 11 is 0. The molecule has 3 saturated heterocycles. The number of likely N-dealkylation sites (N-methyl/N-ethyl adjacent to an activating group) is 1. The van der Waals surface area contributed by atoms with Gasteiger partial charge in [-0.25, -0.2) is 9.97 Å². The first-order chi connectivity index (χ1) is 17.2. The molecule has 1 aromatic carbocycles. The summed E-state index contributed by atoms with van der Waals surface area (Å²) in [6.07, 6.45) is 6.47. The van der Waals surface area contributed by atoms with Crippen LogP contribution in [0.4, 0.5) is 11.5 Å². The summed E-state index contributed by atoms with van der Waals surface area (Å²) in [6.45, 7) is 14.6. The average Bonchev–Trinajstić information content (AvgIpc) is 3.59. The normalized spacial score (nSPS) is 20.1. The summed E-state index contributed by atoms with van der Waals surface area (Å²) in [5.74, 6) is 1.86. The van der Waals surface area contributed by atoms with Gasteiger partial charge in [0.15, 0.2) is 5.82 Å². The van der Waals surface area contributed by atoms with Crippen LogP contribution in [0.1, 0.15) is 43.4 Å². The summed E-state index contributed by atoms with van der Waals surface area (Å²) in [7, 11) is 2.20. The molecular weight excluding hydrogens is 434 g/mol. The third-order valence-electron chi connectivity index (χ3n) is 7.93. The van der Waals surface area contributed by atoms with Gasteiger partial charge in [0.2, 0.25) is 0 Å². The Morgan fingerprint density at radius 1 is 0.800 bits per heavy atom. The number of hydrogen-bond acceptors (Lipinski definition) is 7. The quantitative estimate of drug-likeness (QED) is 0.553. The number of hydrogen-bond donors (Lipinski definition) is 1. The molecule has 190 valence electrons. The zero-order valence-corrected chi connectivity index (χ0v) is 21.8. The van der Waals surface area contributed by atoms with E-state index in [9.17, 15) is 0 Å². The molecule has 0 aliphatic carbocycles. The van der Waals surface area contributed by atoms with E-state index < -0.39 is 0 Å². The fraction of sp³-hybridized carbons (Fsp3) is 0.643. The highest BCUT2D eigenvalue weighted by molar-refractivity contribution is 5.63. The number of likely N-dealkylation sites (tertiary alicyclic amines) is 2. The minimum Gasteiger partial charge on any atom is -0.370 e. The Balaban J connectivity index is 1.31. The third kappa shape index (κ3) is 6.32. The number of aromatic nitrogens is 2. The van der Waals surface area contributed by atoms with Crippen LogP contribution in [0.15, 0.2) is 24.3 Å². The van der Waals surface area contributed by atoms with E-state index >= 15 is 0 Å². The number of piperazine rings is 1. The fourth-order valence-corrected chi connectivity index (χ4v) is 5.63. The van der Waals surface area contributed by atoms with Crippen LogP contribution in [0.5, 0.6) is 0 Å². The molecule has 3 aliphatic heterocycles. The van der Waals surface area contributed by atoms with Crippen LogP contribution in [0, 0.1) is 6.92 Å². The van der Waals surface area contributed by atoms with Crippen LogP contribution in [0.2, 0.25) is 0 Å². The van der Waals surface area contributed by atoms with E-state index in [0.717, 1.165) is 68.6 Å². The van der Waals surface area contributed by atoms with Gasteiger partial charge in [-0.05, 0) is 103 Å². The van der Waals surface area contributed by atoms with Gasteiger partial charge in [-0.15, -0.1) is 0 Å². The van der Waals surface area contributed by atoms with Gasteiger partial charge in [0.1, 0.15) is 5.82 Å². The van der Waals surface area contributed by atoms with E-state index in [4.69, 9.17) is 9.97 Å². The molecular formula is C28H43N7. The van der Waals surface area contributed by atoms with E-state index in [1.807, 2.05) is 0 Å². The maximum Gasteiger partial charge on any atom is 0.161 e. The number of rotatable bonds is 9. The Kier molecular flexibility index (Phi) is 8.16. The third-order valence-corrected chi connectivity index (χ3v) is 7.93. The molecule has 1 aromatic heterocycles. The van der Waals surface area contributed by atoms with E-state index in [0.29, 0.717) is 0 Å². The minimum atomic E-state index is 0.833. The Bertz CT molecular complexity index is 941. The second kappa shape index (κ2) is 11.7. The zero-order valence-electron chi connectivity index (χ0n) is 21.8. The van der Waals surface area contributed by atoms with Crippen LogP contribution in [0.25, 0.3) is 11.4 Å². The highest BCUT2D eigenvalue weighted by atomic mass is 15.2. The molecule has 35 heavy (non-hydrogen) atoms. The van der Waals surface area contributed by atoms with Crippen LogP contribution >= 0.6 is 0 Å². The van der Waals surface area contributed by atoms with Gasteiger partial charge >= 0.3 is 0 Å². The van der Waals surface area contributed by atoms with Crippen molar-refractivity contribution in [1.82, 2.24) is 24.7 Å². The molecule has 5 rings (SSSR count). The van der Waals surface area contributed by atoms with Crippen molar-refractivity contribution in [2.75, 3.05) is 82.7 Å². The molecule has 0 unspecified atom stereocenters. The monoisotopic (exact) mass is 477 g/mol. The van der Waals surface area contributed by atoms with Crippen molar-refractivity contribution in [2.45, 2.75) is 45.6 Å². The first-order valence-corrected chi connectivity index (χ1v) is 13.8. The molecule has 4 heterocycles. The zero-order chi connectivity index (χ0) is 24.0. The largest absolute Gasteiger partial charge is 0.370 e. The second-order valence-corrected chi connectivity index (χ2v) is 10.6. The van der Waals surface area contributed by atoms with Crippen molar-refractivity contribution in [1.29, 1.82) is 0 Å². The van der Waals surface area contributed by atoms with Crippen molar-refractivity contribution in [3.8, 4) is 11.4 Å². The summed E-state index contributed by atoms with van der Waals surface area (Å²) in [5.41, 5.74) is 4.77. The lowest BCUT2D eigenvalue weighted by Crippen LogP contribution is -2.44. The van der Waals surface area contributed by atoms with Crippen molar-refractivity contribution >= 4 is 11.5 Å².